The molecule has 0 aromatic heterocycles. The third-order valence-electron chi connectivity index (χ3n) is 10.9. The smallest absolute Gasteiger partial charge is 0.304 e. The van der Waals surface area contributed by atoms with Crippen molar-refractivity contribution in [3.8, 4) is 0 Å². The molecular formula is C38H42FN3O7Si. The molecule has 10 nitrogen and oxygen atoms in total. The number of rotatable bonds is 8. The molecule has 4 heterocycles. The van der Waals surface area contributed by atoms with Gasteiger partial charge in [-0.05, 0) is 54.4 Å². The largest absolute Gasteiger partial charge is 0.441 e. The first-order valence-corrected chi connectivity index (χ1v) is 20.1. The van der Waals surface area contributed by atoms with Gasteiger partial charge in [-0.2, -0.15) is 0 Å². The molecule has 12 heteroatoms. The molecule has 7 rings (SSSR count). The number of hydrogen-bond acceptors (Lipinski definition) is 7. The minimum Gasteiger partial charge on any atom is -0.441 e. The Morgan fingerprint density at radius 3 is 2.44 bits per heavy atom. The number of β-lactam (4-membered cyclic amide) rings is 1. The monoisotopic (exact) mass is 699 g/mol. The standard InChI is InChI=1S/C38H42FN3O7Si/c1-23-36(50(3,4)39)32(18-33(45)40-21-27-12-6-5-11-26(27)17-29(40)22-43)49-38(23)30-14-7-8-15-31(30)41(37(38)47)20-25-10-9-13-28(16-25)42-34(46)19-35(42)48-24(2)44/h5-16,23,29,32,35-36,43H,17-22H2,1-4H3/t23-,29-,32+,35?,36-,38+/m0/s1. The van der Waals surface area contributed by atoms with Gasteiger partial charge in [-0.15, -0.1) is 0 Å². The third-order valence-corrected chi connectivity index (χ3v) is 13.3. The Hall–Kier alpha value is -4.39. The molecule has 4 aliphatic heterocycles. The molecule has 1 N–H and O–H groups in total. The van der Waals surface area contributed by atoms with Crippen LogP contribution in [0.1, 0.15) is 48.9 Å². The summed E-state index contributed by atoms with van der Waals surface area (Å²) in [4.78, 5) is 57.7. The van der Waals surface area contributed by atoms with Crippen LogP contribution < -0.4 is 9.80 Å². The molecular weight excluding hydrogens is 658 g/mol. The number of para-hydroxylation sites is 1. The Kier molecular flexibility index (Phi) is 8.68. The van der Waals surface area contributed by atoms with Crippen molar-refractivity contribution < 1.29 is 37.9 Å². The highest BCUT2D eigenvalue weighted by atomic mass is 28.4. The summed E-state index contributed by atoms with van der Waals surface area (Å²) in [5.74, 6) is -1.79. The molecule has 6 atom stereocenters. The zero-order chi connectivity index (χ0) is 35.5. The number of anilines is 2. The van der Waals surface area contributed by atoms with E-state index < -0.39 is 49.8 Å². The van der Waals surface area contributed by atoms with E-state index in [1.807, 2.05) is 61.5 Å². The van der Waals surface area contributed by atoms with Gasteiger partial charge in [0.15, 0.2) is 11.8 Å². The minimum absolute atomic E-state index is 0.102. The van der Waals surface area contributed by atoms with Crippen LogP contribution in [-0.4, -0.2) is 67.1 Å². The van der Waals surface area contributed by atoms with Crippen molar-refractivity contribution in [3.63, 3.8) is 0 Å². The fraction of sp³-hybridized carbons (Fsp3) is 0.421. The Balaban J connectivity index is 1.18. The number of halogens is 1. The molecule has 4 aliphatic rings. The number of nitrogens with zero attached hydrogens (tertiary/aromatic N) is 3. The van der Waals surface area contributed by atoms with E-state index in [1.165, 1.54) is 11.8 Å². The van der Waals surface area contributed by atoms with Gasteiger partial charge in [0.1, 0.15) is 0 Å². The maximum Gasteiger partial charge on any atom is 0.304 e. The number of carbonyl (C=O) groups excluding carboxylic acids is 4. The van der Waals surface area contributed by atoms with Crippen LogP contribution >= 0.6 is 0 Å². The first kappa shape index (κ1) is 34.1. The Morgan fingerprint density at radius 1 is 1.02 bits per heavy atom. The van der Waals surface area contributed by atoms with E-state index in [-0.39, 0.29) is 43.7 Å². The zero-order valence-corrected chi connectivity index (χ0v) is 29.7. The normalized spacial score (nSPS) is 27.3. The average molecular weight is 700 g/mol. The Morgan fingerprint density at radius 2 is 1.74 bits per heavy atom. The summed E-state index contributed by atoms with van der Waals surface area (Å²) in [6, 6.07) is 22.0. The van der Waals surface area contributed by atoms with Crippen LogP contribution in [0.25, 0.3) is 0 Å². The molecule has 1 unspecified atom stereocenters. The van der Waals surface area contributed by atoms with E-state index in [4.69, 9.17) is 9.47 Å². The van der Waals surface area contributed by atoms with E-state index >= 15 is 4.11 Å². The summed E-state index contributed by atoms with van der Waals surface area (Å²) in [7, 11) is -3.52. The third kappa shape index (κ3) is 5.63. The van der Waals surface area contributed by atoms with Gasteiger partial charge < -0.3 is 28.5 Å². The number of fused-ring (bicyclic) bond motifs is 3. The summed E-state index contributed by atoms with van der Waals surface area (Å²) in [5, 5.41) is 10.2. The summed E-state index contributed by atoms with van der Waals surface area (Å²) in [6.07, 6.45) is -1.02. The van der Waals surface area contributed by atoms with Crippen molar-refractivity contribution in [1.82, 2.24) is 4.90 Å². The SMILES string of the molecule is CC(=O)OC1CC(=O)N1c1cccc(CN2C(=O)[C@]3(O[C@H](CC(=O)N4Cc5ccccc5C[C@H]4CO)[C@@H]([Si](C)(C)F)[C@@H]3C)c3ccccc32)c1. The van der Waals surface area contributed by atoms with Crippen molar-refractivity contribution in [3.05, 3.63) is 95.1 Å². The van der Waals surface area contributed by atoms with Crippen molar-refractivity contribution >= 4 is 43.5 Å². The molecule has 2 fully saturated rings. The molecule has 262 valence electrons. The van der Waals surface area contributed by atoms with Crippen LogP contribution in [0, 0.1) is 5.92 Å². The predicted molar refractivity (Wildman–Crippen MR) is 186 cm³/mol. The summed E-state index contributed by atoms with van der Waals surface area (Å²) in [5.41, 5.74) is 2.51. The second kappa shape index (κ2) is 12.7. The average Bonchev–Trinajstić information content (AvgIpc) is 3.49. The Bertz CT molecular complexity index is 1870. The lowest BCUT2D eigenvalue weighted by Crippen LogP contribution is -2.54. The fourth-order valence-corrected chi connectivity index (χ4v) is 11.2. The highest BCUT2D eigenvalue weighted by molar-refractivity contribution is 6.72. The summed E-state index contributed by atoms with van der Waals surface area (Å²) in [6.45, 7) is 6.67. The first-order valence-electron chi connectivity index (χ1n) is 17.2. The van der Waals surface area contributed by atoms with Crippen LogP contribution in [0.4, 0.5) is 15.5 Å². The number of amides is 3. The molecule has 3 amide bonds. The van der Waals surface area contributed by atoms with Crippen molar-refractivity contribution in [2.24, 2.45) is 5.92 Å². The molecule has 0 aliphatic carbocycles. The molecule has 1 spiro atoms. The second-order valence-corrected chi connectivity index (χ2v) is 18.2. The number of hydrogen-bond donors (Lipinski definition) is 1. The van der Waals surface area contributed by atoms with Crippen molar-refractivity contribution in [2.45, 2.75) is 88.8 Å². The van der Waals surface area contributed by atoms with Crippen LogP contribution in [0.3, 0.4) is 0 Å². The van der Waals surface area contributed by atoms with Gasteiger partial charge in [-0.3, -0.25) is 24.1 Å². The van der Waals surface area contributed by atoms with Gasteiger partial charge in [0.05, 0.1) is 43.8 Å². The maximum atomic E-state index is 16.4. The van der Waals surface area contributed by atoms with Gasteiger partial charge in [-0.25, -0.2) is 0 Å². The fourth-order valence-electron chi connectivity index (χ4n) is 8.66. The van der Waals surface area contributed by atoms with E-state index in [2.05, 4.69) is 0 Å². The molecule has 3 aromatic rings. The Labute approximate surface area is 291 Å². The second-order valence-electron chi connectivity index (χ2n) is 14.4. The van der Waals surface area contributed by atoms with E-state index in [0.717, 1.165) is 16.7 Å². The summed E-state index contributed by atoms with van der Waals surface area (Å²) >= 11 is 0. The lowest BCUT2D eigenvalue weighted by molar-refractivity contribution is -0.154. The highest BCUT2D eigenvalue weighted by Gasteiger charge is 2.67. The van der Waals surface area contributed by atoms with Crippen molar-refractivity contribution in [1.29, 1.82) is 0 Å². The number of esters is 1. The zero-order valence-electron chi connectivity index (χ0n) is 28.7. The van der Waals surface area contributed by atoms with E-state index in [1.54, 1.807) is 41.1 Å². The van der Waals surface area contributed by atoms with E-state index in [0.29, 0.717) is 29.9 Å². The number of aliphatic hydroxyl groups excluding tert-OH is 1. The molecule has 0 bridgehead atoms. The van der Waals surface area contributed by atoms with E-state index in [9.17, 15) is 24.3 Å². The number of ether oxygens (including phenoxy) is 2. The minimum atomic E-state index is -3.52. The van der Waals surface area contributed by atoms with Crippen LogP contribution in [0.2, 0.25) is 18.6 Å². The van der Waals surface area contributed by atoms with Crippen molar-refractivity contribution in [2.75, 3.05) is 16.4 Å². The van der Waals surface area contributed by atoms with Gasteiger partial charge in [0.2, 0.25) is 20.2 Å². The topological polar surface area (TPSA) is 117 Å². The quantitative estimate of drug-likeness (QED) is 0.153. The van der Waals surface area contributed by atoms with Crippen LogP contribution in [0.15, 0.2) is 72.8 Å². The lowest BCUT2D eigenvalue weighted by Gasteiger charge is -2.39. The van der Waals surface area contributed by atoms with Crippen LogP contribution in [-0.2, 0) is 53.8 Å². The van der Waals surface area contributed by atoms with Crippen LogP contribution in [0.5, 0.6) is 0 Å². The molecule has 2 saturated heterocycles. The van der Waals surface area contributed by atoms with Gasteiger partial charge in [0, 0.05) is 36.2 Å². The van der Waals surface area contributed by atoms with Gasteiger partial charge in [0.25, 0.3) is 5.91 Å². The number of carbonyl (C=O) groups is 4. The highest BCUT2D eigenvalue weighted by Crippen LogP contribution is 2.60. The molecule has 3 aromatic carbocycles. The molecule has 0 radical (unpaired) electrons. The molecule has 0 saturated carbocycles. The lowest BCUT2D eigenvalue weighted by atomic mass is 9.82. The first-order chi connectivity index (χ1) is 23.8. The van der Waals surface area contributed by atoms with Gasteiger partial charge >= 0.3 is 5.97 Å². The maximum absolute atomic E-state index is 16.4. The van der Waals surface area contributed by atoms with Gasteiger partial charge in [-0.1, -0.05) is 61.5 Å². The summed E-state index contributed by atoms with van der Waals surface area (Å²) < 4.78 is 28.5. The predicted octanol–water partition coefficient (Wildman–Crippen LogP) is 4.97. The molecule has 50 heavy (non-hydrogen) atoms. The number of benzene rings is 3. The number of aliphatic hydroxyl groups is 1.